The molecular formula is C23H19ClN2O2. The molecular weight excluding hydrogens is 372 g/mol. The number of methoxy groups -OCH3 is 1. The number of allylic oxidation sites excluding steroid dienone is 1. The Labute approximate surface area is 169 Å². The van der Waals surface area contributed by atoms with Crippen LogP contribution in [0.5, 0.6) is 0 Å². The highest BCUT2D eigenvalue weighted by Crippen LogP contribution is 2.28. The van der Waals surface area contributed by atoms with Crippen molar-refractivity contribution < 1.29 is 9.53 Å². The number of halogens is 1. The Balaban J connectivity index is 2.14. The number of ether oxygens (including phenoxy) is 1. The average Bonchev–Trinajstić information content (AvgIpc) is 2.98. The maximum absolute atomic E-state index is 12.2. The first-order valence-corrected chi connectivity index (χ1v) is 9.08. The van der Waals surface area contributed by atoms with E-state index < -0.39 is 5.97 Å². The number of rotatable bonds is 4. The highest BCUT2D eigenvalue weighted by molar-refractivity contribution is 6.30. The maximum atomic E-state index is 12.2. The summed E-state index contributed by atoms with van der Waals surface area (Å²) in [6, 6.07) is 18.7. The number of aryl methyl sites for hydroxylation is 1. The van der Waals surface area contributed by atoms with E-state index in [2.05, 4.69) is 6.07 Å². The molecule has 140 valence electrons. The Hall–Kier alpha value is -3.29. The van der Waals surface area contributed by atoms with Gasteiger partial charge in [0.25, 0.3) is 0 Å². The lowest BCUT2D eigenvalue weighted by atomic mass is 10.0. The molecule has 5 heteroatoms. The molecule has 0 radical (unpaired) electrons. The predicted octanol–water partition coefficient (Wildman–Crippen LogP) is 5.60. The second-order valence-corrected chi connectivity index (χ2v) is 6.79. The van der Waals surface area contributed by atoms with Gasteiger partial charge in [0.1, 0.15) is 0 Å². The summed E-state index contributed by atoms with van der Waals surface area (Å²) in [6.45, 7) is 3.92. The topological polar surface area (TPSA) is 55.0 Å². The Kier molecular flexibility index (Phi) is 5.67. The quantitative estimate of drug-likeness (QED) is 0.430. The van der Waals surface area contributed by atoms with Gasteiger partial charge in [-0.25, -0.2) is 4.79 Å². The average molecular weight is 391 g/mol. The molecule has 2 aromatic carbocycles. The Morgan fingerprint density at radius 3 is 2.57 bits per heavy atom. The second-order valence-electron chi connectivity index (χ2n) is 6.35. The molecule has 0 aliphatic rings. The molecule has 28 heavy (non-hydrogen) atoms. The molecule has 0 unspecified atom stereocenters. The standard InChI is InChI=1S/C23H19ClN2O2/c1-15-11-18(12-19(14-25)17-7-6-8-20(24)13-17)16(2)26(15)22-10-5-4-9-21(22)23(27)28-3/h4-13H,1-3H3/b19-12-. The van der Waals surface area contributed by atoms with Crippen LogP contribution in [-0.2, 0) is 4.74 Å². The van der Waals surface area contributed by atoms with Crippen LogP contribution in [0.3, 0.4) is 0 Å². The molecule has 0 aliphatic heterocycles. The predicted molar refractivity (Wildman–Crippen MR) is 112 cm³/mol. The van der Waals surface area contributed by atoms with Gasteiger partial charge in [-0.05, 0) is 61.4 Å². The van der Waals surface area contributed by atoms with Crippen LogP contribution in [0, 0.1) is 25.2 Å². The monoisotopic (exact) mass is 390 g/mol. The van der Waals surface area contributed by atoms with Crippen molar-refractivity contribution in [3.8, 4) is 11.8 Å². The van der Waals surface area contributed by atoms with Gasteiger partial charge in [0, 0.05) is 16.4 Å². The number of hydrogen-bond donors (Lipinski definition) is 0. The minimum Gasteiger partial charge on any atom is -0.465 e. The third-order valence-electron chi connectivity index (χ3n) is 4.58. The van der Waals surface area contributed by atoms with Crippen LogP contribution in [0.2, 0.25) is 5.02 Å². The molecule has 4 nitrogen and oxygen atoms in total. The molecule has 0 amide bonds. The zero-order chi connectivity index (χ0) is 20.3. The molecule has 0 fully saturated rings. The summed E-state index contributed by atoms with van der Waals surface area (Å²) in [5.41, 5.74) is 5.27. The fourth-order valence-electron chi connectivity index (χ4n) is 3.25. The lowest BCUT2D eigenvalue weighted by Gasteiger charge is -2.13. The molecule has 3 aromatic rings. The van der Waals surface area contributed by atoms with E-state index in [1.165, 1.54) is 7.11 Å². The van der Waals surface area contributed by atoms with Crippen molar-refractivity contribution in [1.82, 2.24) is 4.57 Å². The number of aromatic nitrogens is 1. The molecule has 0 atom stereocenters. The SMILES string of the molecule is COC(=O)c1ccccc1-n1c(C)cc(/C=C(/C#N)c2cccc(Cl)c2)c1C. The van der Waals surface area contributed by atoms with Crippen molar-refractivity contribution in [2.24, 2.45) is 0 Å². The van der Waals surface area contributed by atoms with Crippen molar-refractivity contribution in [2.45, 2.75) is 13.8 Å². The molecule has 0 aliphatic carbocycles. The summed E-state index contributed by atoms with van der Waals surface area (Å²) in [4.78, 5) is 12.2. The first kappa shape index (κ1) is 19.5. The number of nitrogens with zero attached hydrogens (tertiary/aromatic N) is 2. The number of para-hydroxylation sites is 1. The number of benzene rings is 2. The van der Waals surface area contributed by atoms with Crippen LogP contribution in [-0.4, -0.2) is 17.6 Å². The molecule has 0 saturated heterocycles. The fraction of sp³-hybridized carbons (Fsp3) is 0.130. The highest BCUT2D eigenvalue weighted by atomic mass is 35.5. The van der Waals surface area contributed by atoms with E-state index in [1.54, 1.807) is 24.3 Å². The number of carbonyl (C=O) groups excluding carboxylic acids is 1. The molecule has 1 aromatic heterocycles. The first-order chi connectivity index (χ1) is 13.5. The number of carbonyl (C=O) groups is 1. The highest BCUT2D eigenvalue weighted by Gasteiger charge is 2.17. The summed E-state index contributed by atoms with van der Waals surface area (Å²) in [7, 11) is 1.37. The number of nitriles is 1. The zero-order valence-corrected chi connectivity index (χ0v) is 16.6. The smallest absolute Gasteiger partial charge is 0.339 e. The van der Waals surface area contributed by atoms with Crippen LogP contribution < -0.4 is 0 Å². The van der Waals surface area contributed by atoms with Crippen molar-refractivity contribution in [3.63, 3.8) is 0 Å². The number of esters is 1. The van der Waals surface area contributed by atoms with Gasteiger partial charge in [0.15, 0.2) is 0 Å². The van der Waals surface area contributed by atoms with E-state index in [-0.39, 0.29) is 0 Å². The van der Waals surface area contributed by atoms with Crippen LogP contribution in [0.1, 0.15) is 32.9 Å². The van der Waals surface area contributed by atoms with E-state index in [0.717, 1.165) is 28.2 Å². The van der Waals surface area contributed by atoms with Crippen LogP contribution >= 0.6 is 11.6 Å². The molecule has 0 N–H and O–H groups in total. The molecule has 3 rings (SSSR count). The Morgan fingerprint density at radius 2 is 1.89 bits per heavy atom. The van der Waals surface area contributed by atoms with Gasteiger partial charge >= 0.3 is 5.97 Å². The van der Waals surface area contributed by atoms with Gasteiger partial charge in [-0.15, -0.1) is 0 Å². The van der Waals surface area contributed by atoms with Crippen molar-refractivity contribution in [2.75, 3.05) is 7.11 Å². The summed E-state index contributed by atoms with van der Waals surface area (Å²) < 4.78 is 6.91. The van der Waals surface area contributed by atoms with Gasteiger partial charge in [-0.3, -0.25) is 0 Å². The summed E-state index contributed by atoms with van der Waals surface area (Å²) in [5.74, 6) is -0.392. The number of hydrogen-bond acceptors (Lipinski definition) is 3. The van der Waals surface area contributed by atoms with Crippen molar-refractivity contribution in [1.29, 1.82) is 5.26 Å². The van der Waals surface area contributed by atoms with Gasteiger partial charge in [-0.1, -0.05) is 35.9 Å². The first-order valence-electron chi connectivity index (χ1n) is 8.70. The molecule has 0 bridgehead atoms. The third kappa shape index (κ3) is 3.71. The van der Waals surface area contributed by atoms with Gasteiger partial charge in [0.2, 0.25) is 0 Å². The van der Waals surface area contributed by atoms with E-state index >= 15 is 0 Å². The second kappa shape index (κ2) is 8.16. The van der Waals surface area contributed by atoms with Crippen molar-refractivity contribution >= 4 is 29.2 Å². The van der Waals surface area contributed by atoms with Gasteiger partial charge in [0.05, 0.1) is 30.0 Å². The van der Waals surface area contributed by atoms with E-state index in [4.69, 9.17) is 16.3 Å². The van der Waals surface area contributed by atoms with E-state index in [9.17, 15) is 10.1 Å². The van der Waals surface area contributed by atoms with Crippen molar-refractivity contribution in [3.05, 3.63) is 87.7 Å². The lowest BCUT2D eigenvalue weighted by Crippen LogP contribution is -2.09. The molecule has 1 heterocycles. The maximum Gasteiger partial charge on any atom is 0.339 e. The van der Waals surface area contributed by atoms with Crippen LogP contribution in [0.25, 0.3) is 17.3 Å². The summed E-state index contributed by atoms with van der Waals surface area (Å²) in [6.07, 6.45) is 1.84. The zero-order valence-electron chi connectivity index (χ0n) is 15.9. The van der Waals surface area contributed by atoms with Gasteiger partial charge < -0.3 is 9.30 Å². The van der Waals surface area contributed by atoms with Gasteiger partial charge in [-0.2, -0.15) is 5.26 Å². The van der Waals surface area contributed by atoms with E-state index in [1.807, 2.05) is 54.8 Å². The Morgan fingerprint density at radius 1 is 1.14 bits per heavy atom. The molecule has 0 saturated carbocycles. The summed E-state index contributed by atoms with van der Waals surface area (Å²) in [5, 5.41) is 10.2. The normalized spacial score (nSPS) is 11.2. The fourth-order valence-corrected chi connectivity index (χ4v) is 3.44. The molecule has 0 spiro atoms. The third-order valence-corrected chi connectivity index (χ3v) is 4.81. The van der Waals surface area contributed by atoms with Crippen LogP contribution in [0.15, 0.2) is 54.6 Å². The van der Waals surface area contributed by atoms with Crippen LogP contribution in [0.4, 0.5) is 0 Å². The minimum absolute atomic E-state index is 0.392. The largest absolute Gasteiger partial charge is 0.465 e. The van der Waals surface area contributed by atoms with E-state index in [0.29, 0.717) is 16.2 Å². The minimum atomic E-state index is -0.392. The summed E-state index contributed by atoms with van der Waals surface area (Å²) >= 11 is 6.07. The lowest BCUT2D eigenvalue weighted by molar-refractivity contribution is 0.0601. The Bertz CT molecular complexity index is 1120.